The molecule has 0 aliphatic heterocycles. The summed E-state index contributed by atoms with van der Waals surface area (Å²) >= 11 is 0. The first-order valence-corrected chi connectivity index (χ1v) is 5.98. The molecule has 3 heteroatoms. The van der Waals surface area contributed by atoms with Gasteiger partial charge < -0.3 is 9.64 Å². The average molecular weight is 253 g/mol. The van der Waals surface area contributed by atoms with Crippen molar-refractivity contribution in [3.8, 4) is 5.75 Å². The third kappa shape index (κ3) is 4.00. The van der Waals surface area contributed by atoms with Gasteiger partial charge in [0.1, 0.15) is 5.75 Å². The molecule has 0 aromatic heterocycles. The molecule has 0 radical (unpaired) electrons. The number of esters is 1. The van der Waals surface area contributed by atoms with E-state index in [9.17, 15) is 4.79 Å². The molecule has 19 heavy (non-hydrogen) atoms. The highest BCUT2D eigenvalue weighted by atomic mass is 16.5. The lowest BCUT2D eigenvalue weighted by atomic mass is 10.3. The molecule has 0 N–H and O–H groups in total. The maximum Gasteiger partial charge on any atom is 0.337 e. The van der Waals surface area contributed by atoms with Crippen LogP contribution in [-0.4, -0.2) is 13.0 Å². The smallest absolute Gasteiger partial charge is 0.337 e. The molecular weight excluding hydrogens is 238 g/mol. The average Bonchev–Trinajstić information content (AvgIpc) is 2.47. The monoisotopic (exact) mass is 253 g/mol. The van der Waals surface area contributed by atoms with Gasteiger partial charge in [0.2, 0.25) is 0 Å². The molecule has 0 saturated carbocycles. The molecule has 0 atom stereocenters. The summed E-state index contributed by atoms with van der Waals surface area (Å²) < 4.78 is 5.15. The Hall–Kier alpha value is -2.55. The first-order valence-electron chi connectivity index (χ1n) is 5.98. The van der Waals surface area contributed by atoms with Gasteiger partial charge in [-0.2, -0.15) is 0 Å². The van der Waals surface area contributed by atoms with Crippen LogP contribution in [0.25, 0.3) is 0 Å². The van der Waals surface area contributed by atoms with Crippen LogP contribution in [0.2, 0.25) is 0 Å². The molecule has 2 aromatic carbocycles. The summed E-state index contributed by atoms with van der Waals surface area (Å²) in [5.41, 5.74) is 1.01. The maximum atomic E-state index is 11.6. The van der Waals surface area contributed by atoms with Crippen molar-refractivity contribution < 1.29 is 9.53 Å². The highest BCUT2D eigenvalue weighted by Gasteiger charge is 2.00. The van der Waals surface area contributed by atoms with E-state index in [1.54, 1.807) is 18.3 Å². The Bertz CT molecular complexity index is 549. The van der Waals surface area contributed by atoms with E-state index in [2.05, 4.69) is 0 Å². The molecule has 0 spiro atoms. The summed E-state index contributed by atoms with van der Waals surface area (Å²) in [4.78, 5) is 13.5. The molecule has 0 aliphatic rings. The Balaban J connectivity index is 1.94. The predicted molar refractivity (Wildman–Crippen MR) is 76.1 cm³/mol. The molecule has 2 rings (SSSR count). The number of carbonyl (C=O) groups is 1. The Morgan fingerprint density at radius 3 is 2.21 bits per heavy atom. The molecule has 96 valence electrons. The lowest BCUT2D eigenvalue weighted by Crippen LogP contribution is -2.10. The zero-order valence-corrected chi connectivity index (χ0v) is 10.7. The van der Waals surface area contributed by atoms with Crippen molar-refractivity contribution in [2.75, 3.05) is 11.9 Å². The molecule has 2 aromatic rings. The van der Waals surface area contributed by atoms with E-state index in [-0.39, 0.29) is 0 Å². The second kappa shape index (κ2) is 6.40. The third-order valence-electron chi connectivity index (χ3n) is 2.56. The van der Waals surface area contributed by atoms with Crippen molar-refractivity contribution in [3.63, 3.8) is 0 Å². The summed E-state index contributed by atoms with van der Waals surface area (Å²) in [6.07, 6.45) is 3.08. The number of carbonyl (C=O) groups excluding carboxylic acids is 1. The van der Waals surface area contributed by atoms with E-state index in [1.165, 1.54) is 6.08 Å². The molecule has 0 saturated heterocycles. The zero-order valence-electron chi connectivity index (χ0n) is 10.7. The first kappa shape index (κ1) is 12.9. The van der Waals surface area contributed by atoms with Gasteiger partial charge in [-0.25, -0.2) is 4.79 Å². The molecular formula is C16H15NO2. The molecule has 0 bridgehead atoms. The topological polar surface area (TPSA) is 29.5 Å². The Labute approximate surface area is 112 Å². The summed E-state index contributed by atoms with van der Waals surface area (Å²) in [5, 5.41) is 0. The van der Waals surface area contributed by atoms with Crippen LogP contribution in [0.15, 0.2) is 72.9 Å². The first-order chi connectivity index (χ1) is 9.25. The molecule has 0 fully saturated rings. The molecule has 0 unspecified atom stereocenters. The van der Waals surface area contributed by atoms with E-state index in [4.69, 9.17) is 4.74 Å². The fourth-order valence-electron chi connectivity index (χ4n) is 1.56. The number of anilines is 1. The zero-order chi connectivity index (χ0) is 13.5. The molecule has 0 aliphatic carbocycles. The Morgan fingerprint density at radius 1 is 1.00 bits per heavy atom. The third-order valence-corrected chi connectivity index (χ3v) is 2.56. The normalized spacial score (nSPS) is 10.4. The van der Waals surface area contributed by atoms with Crippen LogP contribution in [0.5, 0.6) is 5.75 Å². The van der Waals surface area contributed by atoms with Gasteiger partial charge in [-0.1, -0.05) is 36.4 Å². The van der Waals surface area contributed by atoms with E-state index in [1.807, 2.05) is 60.5 Å². The fraction of sp³-hybridized carbons (Fsp3) is 0.0625. The minimum absolute atomic E-state index is 0.394. The van der Waals surface area contributed by atoms with Crippen LogP contribution < -0.4 is 9.64 Å². The van der Waals surface area contributed by atoms with Crippen molar-refractivity contribution in [2.45, 2.75) is 0 Å². The van der Waals surface area contributed by atoms with Crippen molar-refractivity contribution in [1.82, 2.24) is 0 Å². The van der Waals surface area contributed by atoms with Crippen molar-refractivity contribution in [3.05, 3.63) is 72.9 Å². The quantitative estimate of drug-likeness (QED) is 0.476. The number of rotatable bonds is 4. The fourth-order valence-corrected chi connectivity index (χ4v) is 1.56. The number of benzene rings is 2. The van der Waals surface area contributed by atoms with Crippen LogP contribution >= 0.6 is 0 Å². The van der Waals surface area contributed by atoms with Crippen LogP contribution in [0, 0.1) is 0 Å². The Kier molecular flexibility index (Phi) is 4.34. The van der Waals surface area contributed by atoms with E-state index < -0.39 is 5.97 Å². The Morgan fingerprint density at radius 2 is 1.58 bits per heavy atom. The van der Waals surface area contributed by atoms with Crippen molar-refractivity contribution >= 4 is 11.7 Å². The van der Waals surface area contributed by atoms with Gasteiger partial charge in [-0.05, 0) is 24.3 Å². The number of nitrogens with zero attached hydrogens (tertiary/aromatic N) is 1. The highest BCUT2D eigenvalue weighted by molar-refractivity contribution is 5.84. The summed E-state index contributed by atoms with van der Waals surface area (Å²) in [5.74, 6) is 0.147. The maximum absolute atomic E-state index is 11.6. The van der Waals surface area contributed by atoms with Gasteiger partial charge in [-0.15, -0.1) is 0 Å². The van der Waals surface area contributed by atoms with Gasteiger partial charge in [0.25, 0.3) is 0 Å². The van der Waals surface area contributed by atoms with Gasteiger partial charge in [0, 0.05) is 25.0 Å². The van der Waals surface area contributed by atoms with E-state index in [0.29, 0.717) is 5.75 Å². The summed E-state index contributed by atoms with van der Waals surface area (Å²) in [6, 6.07) is 18.8. The minimum Gasteiger partial charge on any atom is -0.423 e. The van der Waals surface area contributed by atoms with Crippen molar-refractivity contribution in [2.24, 2.45) is 0 Å². The van der Waals surface area contributed by atoms with Crippen LogP contribution in [0.3, 0.4) is 0 Å². The number of hydrogen-bond acceptors (Lipinski definition) is 3. The lowest BCUT2D eigenvalue weighted by molar-refractivity contribution is -0.129. The summed E-state index contributed by atoms with van der Waals surface area (Å²) in [7, 11) is 1.88. The summed E-state index contributed by atoms with van der Waals surface area (Å²) in [6.45, 7) is 0. The molecule has 0 heterocycles. The van der Waals surface area contributed by atoms with Crippen LogP contribution in [0.4, 0.5) is 5.69 Å². The molecule has 0 amide bonds. The highest BCUT2D eigenvalue weighted by Crippen LogP contribution is 2.12. The number of hydrogen-bond donors (Lipinski definition) is 0. The number of para-hydroxylation sites is 2. The van der Waals surface area contributed by atoms with E-state index >= 15 is 0 Å². The van der Waals surface area contributed by atoms with Gasteiger partial charge in [-0.3, -0.25) is 0 Å². The van der Waals surface area contributed by atoms with E-state index in [0.717, 1.165) is 5.69 Å². The van der Waals surface area contributed by atoms with Crippen LogP contribution in [0.1, 0.15) is 0 Å². The van der Waals surface area contributed by atoms with Gasteiger partial charge in [0.05, 0.1) is 0 Å². The van der Waals surface area contributed by atoms with Crippen molar-refractivity contribution in [1.29, 1.82) is 0 Å². The second-order valence-electron chi connectivity index (χ2n) is 4.00. The standard InChI is InChI=1S/C16H15NO2/c1-17(14-8-4-2-5-9-14)13-12-16(18)19-15-10-6-3-7-11-15/h2-13H,1H3/b13-12+. The van der Waals surface area contributed by atoms with Gasteiger partial charge >= 0.3 is 5.97 Å². The van der Waals surface area contributed by atoms with Crippen LogP contribution in [-0.2, 0) is 4.79 Å². The van der Waals surface area contributed by atoms with Gasteiger partial charge in [0.15, 0.2) is 0 Å². The predicted octanol–water partition coefficient (Wildman–Crippen LogP) is 3.24. The minimum atomic E-state index is -0.394. The second-order valence-corrected chi connectivity index (χ2v) is 4.00. The SMILES string of the molecule is CN(/C=C/C(=O)Oc1ccccc1)c1ccccc1. The number of ether oxygens (including phenoxy) is 1. The largest absolute Gasteiger partial charge is 0.423 e. The lowest BCUT2D eigenvalue weighted by Gasteiger charge is -2.13. The molecule has 3 nitrogen and oxygen atoms in total.